The Balaban J connectivity index is 2.88. The molecule has 0 radical (unpaired) electrons. The normalized spacial score (nSPS) is 10.3. The Hall–Kier alpha value is -2.17. The first kappa shape index (κ1) is 8.43. The molecule has 5 nitrogen and oxygen atoms in total. The standard InChI is InChI=1S/C9H8N4O/c10-7-2-1-5(9(11)14)8-6(7)3-12-4-13-8/h1-4H,10H2,(H2,11,14). The lowest BCUT2D eigenvalue weighted by molar-refractivity contribution is 0.100. The fraction of sp³-hybridized carbons (Fsp3) is 0. The van der Waals surface area contributed by atoms with Crippen LogP contribution >= 0.6 is 0 Å². The molecule has 1 aromatic heterocycles. The minimum absolute atomic E-state index is 0.358. The molecule has 2 rings (SSSR count). The first-order valence-electron chi connectivity index (χ1n) is 3.98. The number of benzene rings is 1. The summed E-state index contributed by atoms with van der Waals surface area (Å²) in [6.07, 6.45) is 2.92. The fourth-order valence-corrected chi connectivity index (χ4v) is 1.30. The van der Waals surface area contributed by atoms with Gasteiger partial charge >= 0.3 is 0 Å². The summed E-state index contributed by atoms with van der Waals surface area (Å²) in [7, 11) is 0. The van der Waals surface area contributed by atoms with Crippen molar-refractivity contribution >= 4 is 22.5 Å². The van der Waals surface area contributed by atoms with E-state index in [0.29, 0.717) is 22.2 Å². The number of fused-ring (bicyclic) bond motifs is 1. The van der Waals surface area contributed by atoms with Crippen LogP contribution in [0.3, 0.4) is 0 Å². The second-order valence-corrected chi connectivity index (χ2v) is 2.85. The maximum atomic E-state index is 11.0. The highest BCUT2D eigenvalue weighted by atomic mass is 16.1. The lowest BCUT2D eigenvalue weighted by atomic mass is 10.1. The molecule has 5 heteroatoms. The van der Waals surface area contributed by atoms with Gasteiger partial charge in [0.25, 0.3) is 5.91 Å². The van der Waals surface area contributed by atoms with Crippen molar-refractivity contribution in [2.24, 2.45) is 5.73 Å². The predicted octanol–water partition coefficient (Wildman–Crippen LogP) is 0.311. The molecule has 0 aliphatic carbocycles. The van der Waals surface area contributed by atoms with E-state index in [1.54, 1.807) is 18.3 Å². The Morgan fingerprint density at radius 1 is 1.36 bits per heavy atom. The van der Waals surface area contributed by atoms with Gasteiger partial charge in [0, 0.05) is 17.3 Å². The van der Waals surface area contributed by atoms with Gasteiger partial charge in [-0.2, -0.15) is 0 Å². The van der Waals surface area contributed by atoms with E-state index >= 15 is 0 Å². The zero-order chi connectivity index (χ0) is 10.1. The van der Waals surface area contributed by atoms with Gasteiger partial charge < -0.3 is 11.5 Å². The van der Waals surface area contributed by atoms with Crippen LogP contribution in [0.2, 0.25) is 0 Å². The minimum Gasteiger partial charge on any atom is -0.398 e. The van der Waals surface area contributed by atoms with E-state index in [2.05, 4.69) is 9.97 Å². The Kier molecular flexibility index (Phi) is 1.78. The van der Waals surface area contributed by atoms with Crippen molar-refractivity contribution in [3.05, 3.63) is 30.2 Å². The first-order chi connectivity index (χ1) is 6.70. The topological polar surface area (TPSA) is 94.9 Å². The summed E-state index contributed by atoms with van der Waals surface area (Å²) in [5.41, 5.74) is 12.3. The average molecular weight is 188 g/mol. The third kappa shape index (κ3) is 1.15. The van der Waals surface area contributed by atoms with E-state index in [9.17, 15) is 4.79 Å². The number of carbonyl (C=O) groups is 1. The predicted molar refractivity (Wildman–Crippen MR) is 52.5 cm³/mol. The number of nitrogens with zero attached hydrogens (tertiary/aromatic N) is 2. The summed E-state index contributed by atoms with van der Waals surface area (Å²) < 4.78 is 0. The number of hydrogen-bond donors (Lipinski definition) is 2. The maximum Gasteiger partial charge on any atom is 0.250 e. The summed E-state index contributed by atoms with van der Waals surface area (Å²) in [5.74, 6) is -0.520. The van der Waals surface area contributed by atoms with Crippen LogP contribution in [0.15, 0.2) is 24.7 Å². The molecule has 0 atom stereocenters. The lowest BCUT2D eigenvalue weighted by Gasteiger charge is -2.03. The monoisotopic (exact) mass is 188 g/mol. The Morgan fingerprint density at radius 2 is 2.14 bits per heavy atom. The van der Waals surface area contributed by atoms with Gasteiger partial charge in [-0.1, -0.05) is 0 Å². The second kappa shape index (κ2) is 2.95. The Morgan fingerprint density at radius 3 is 2.86 bits per heavy atom. The average Bonchev–Trinajstić information content (AvgIpc) is 2.18. The van der Waals surface area contributed by atoms with Gasteiger partial charge in [0.2, 0.25) is 0 Å². The molecule has 0 bridgehead atoms. The van der Waals surface area contributed by atoms with E-state index in [-0.39, 0.29) is 0 Å². The van der Waals surface area contributed by atoms with Gasteiger partial charge in [0.1, 0.15) is 6.33 Å². The summed E-state index contributed by atoms with van der Waals surface area (Å²) in [6, 6.07) is 3.18. The van der Waals surface area contributed by atoms with Crippen LogP contribution in [0.25, 0.3) is 10.9 Å². The molecule has 0 saturated carbocycles. The highest BCUT2D eigenvalue weighted by molar-refractivity contribution is 6.07. The number of amides is 1. The molecule has 1 aromatic carbocycles. The van der Waals surface area contributed by atoms with Crippen molar-refractivity contribution in [2.75, 3.05) is 5.73 Å². The van der Waals surface area contributed by atoms with Crippen LogP contribution in [0, 0.1) is 0 Å². The molecule has 0 aliphatic heterocycles. The number of rotatable bonds is 1. The van der Waals surface area contributed by atoms with Gasteiger partial charge in [0.05, 0.1) is 11.1 Å². The van der Waals surface area contributed by atoms with Gasteiger partial charge in [-0.3, -0.25) is 4.79 Å². The second-order valence-electron chi connectivity index (χ2n) is 2.85. The van der Waals surface area contributed by atoms with Crippen molar-refractivity contribution in [1.82, 2.24) is 9.97 Å². The Bertz CT molecular complexity index is 509. The van der Waals surface area contributed by atoms with Gasteiger partial charge in [0.15, 0.2) is 0 Å². The van der Waals surface area contributed by atoms with Crippen molar-refractivity contribution in [3.8, 4) is 0 Å². The zero-order valence-electron chi connectivity index (χ0n) is 7.27. The van der Waals surface area contributed by atoms with Crippen LogP contribution in [0.1, 0.15) is 10.4 Å². The molecule has 14 heavy (non-hydrogen) atoms. The van der Waals surface area contributed by atoms with Crippen LogP contribution in [0.4, 0.5) is 5.69 Å². The van der Waals surface area contributed by atoms with E-state index in [1.165, 1.54) is 6.33 Å². The summed E-state index contributed by atoms with van der Waals surface area (Å²) in [6.45, 7) is 0. The van der Waals surface area contributed by atoms with Crippen LogP contribution < -0.4 is 11.5 Å². The largest absolute Gasteiger partial charge is 0.398 e. The molecule has 0 unspecified atom stereocenters. The van der Waals surface area contributed by atoms with E-state index in [0.717, 1.165) is 0 Å². The van der Waals surface area contributed by atoms with Crippen LogP contribution in [-0.4, -0.2) is 15.9 Å². The number of nitrogen functional groups attached to an aromatic ring is 1. The molecule has 2 aromatic rings. The van der Waals surface area contributed by atoms with E-state index < -0.39 is 5.91 Å². The fourth-order valence-electron chi connectivity index (χ4n) is 1.30. The first-order valence-corrected chi connectivity index (χ1v) is 3.98. The zero-order valence-corrected chi connectivity index (χ0v) is 7.27. The number of nitrogens with two attached hydrogens (primary N) is 2. The molecular formula is C9H8N4O. The third-order valence-corrected chi connectivity index (χ3v) is 1.97. The smallest absolute Gasteiger partial charge is 0.250 e. The van der Waals surface area contributed by atoms with E-state index in [1.807, 2.05) is 0 Å². The maximum absolute atomic E-state index is 11.0. The van der Waals surface area contributed by atoms with Crippen molar-refractivity contribution in [1.29, 1.82) is 0 Å². The minimum atomic E-state index is -0.520. The van der Waals surface area contributed by atoms with Crippen molar-refractivity contribution in [2.45, 2.75) is 0 Å². The SMILES string of the molecule is NC(=O)c1ccc(N)c2cncnc12. The molecule has 0 spiro atoms. The lowest BCUT2D eigenvalue weighted by Crippen LogP contribution is -2.12. The number of primary amides is 1. The molecule has 1 heterocycles. The molecule has 0 aliphatic rings. The summed E-state index contributed by atoms with van der Waals surface area (Å²) in [5, 5.41) is 0.642. The Labute approximate surface area is 79.8 Å². The summed E-state index contributed by atoms with van der Waals surface area (Å²) in [4.78, 5) is 18.8. The summed E-state index contributed by atoms with van der Waals surface area (Å²) >= 11 is 0. The van der Waals surface area contributed by atoms with Gasteiger partial charge in [-0.15, -0.1) is 0 Å². The molecule has 0 fully saturated rings. The third-order valence-electron chi connectivity index (χ3n) is 1.97. The molecule has 0 saturated heterocycles. The van der Waals surface area contributed by atoms with Crippen LogP contribution in [0.5, 0.6) is 0 Å². The quantitative estimate of drug-likeness (QED) is 0.629. The highest BCUT2D eigenvalue weighted by Gasteiger charge is 2.09. The van der Waals surface area contributed by atoms with Gasteiger partial charge in [-0.25, -0.2) is 9.97 Å². The van der Waals surface area contributed by atoms with E-state index in [4.69, 9.17) is 11.5 Å². The number of anilines is 1. The number of aromatic nitrogens is 2. The van der Waals surface area contributed by atoms with Gasteiger partial charge in [-0.05, 0) is 12.1 Å². The molecule has 70 valence electrons. The molecule has 1 amide bonds. The van der Waals surface area contributed by atoms with Crippen molar-refractivity contribution < 1.29 is 4.79 Å². The highest BCUT2D eigenvalue weighted by Crippen LogP contribution is 2.20. The molecular weight excluding hydrogens is 180 g/mol. The number of carbonyl (C=O) groups excluding carboxylic acids is 1. The van der Waals surface area contributed by atoms with Crippen molar-refractivity contribution in [3.63, 3.8) is 0 Å². The molecule has 4 N–H and O–H groups in total. The number of hydrogen-bond acceptors (Lipinski definition) is 4. The van der Waals surface area contributed by atoms with Crippen LogP contribution in [-0.2, 0) is 0 Å².